The predicted octanol–water partition coefficient (Wildman–Crippen LogP) is 0.920. The minimum atomic E-state index is -2.86. The number of benzene rings is 2. The number of amides is 3. The molecule has 2 aromatic carbocycles. The maximum atomic E-state index is 14.3. The molecule has 5 rings (SSSR count). The first-order chi connectivity index (χ1) is 24.0. The number of fused-ring (bicyclic) bond motifs is 3. The summed E-state index contributed by atoms with van der Waals surface area (Å²) in [7, 11) is 6.41. The van der Waals surface area contributed by atoms with Crippen molar-refractivity contribution in [1.82, 2.24) is 9.80 Å². The van der Waals surface area contributed by atoms with E-state index in [2.05, 4.69) is 5.32 Å². The lowest BCUT2D eigenvalue weighted by Crippen LogP contribution is -2.74. The van der Waals surface area contributed by atoms with E-state index in [0.717, 1.165) is 5.56 Å². The Balaban J connectivity index is 1.46. The molecule has 0 radical (unpaired) electrons. The maximum Gasteiger partial charge on any atom is 0.410 e. The van der Waals surface area contributed by atoms with Crippen LogP contribution >= 0.6 is 0 Å². The normalized spacial score (nSPS) is 25.4. The number of carbonyl (C=O) groups is 7. The van der Waals surface area contributed by atoms with Crippen LogP contribution in [-0.2, 0) is 41.7 Å². The van der Waals surface area contributed by atoms with Crippen LogP contribution in [0.5, 0.6) is 5.75 Å². The van der Waals surface area contributed by atoms with Crippen LogP contribution in [0, 0.1) is 23.7 Å². The molecule has 3 aliphatic rings. The number of nitrogens with zero attached hydrogens (tertiary/aromatic N) is 3. The third-order valence-corrected chi connectivity index (χ3v) is 10.1. The molecular weight excluding hydrogens is 662 g/mol. The number of carbonyl (C=O) groups excluding carboxylic acids is 7. The van der Waals surface area contributed by atoms with E-state index in [1.54, 1.807) is 43.3 Å². The first-order valence-electron chi connectivity index (χ1n) is 16.7. The average Bonchev–Trinajstić information content (AvgIpc) is 3.06. The standard InChI is InChI=1S/C36H43N5O10/c1-6-12-41(35(49)51-17-18-10-8-7-9-11-18)16-24(42)38-22-15-23(39(2)3)20-13-19-14-21-28(40(4)5)31(45)27(34(37)48)33(47)36(21,50)32(46)25(19)30(44)26(20)29(22)43/h7-11,15,19,21,25,27-28,43,50H,6,12-14,16-17H2,1-5H3,(H2,37,48)(H,38,42)/t19-,21-,25?,27?,28-,36-/m0/s1. The Morgan fingerprint density at radius 1 is 1.04 bits per heavy atom. The van der Waals surface area contributed by atoms with Crippen LogP contribution in [-0.4, -0.2) is 114 Å². The zero-order valence-corrected chi connectivity index (χ0v) is 29.2. The number of phenols is 1. The number of phenolic OH excluding ortho intramolecular Hbond substituents is 1. The summed E-state index contributed by atoms with van der Waals surface area (Å²) in [5.41, 5.74) is 3.69. The van der Waals surface area contributed by atoms with E-state index in [-0.39, 0.29) is 37.2 Å². The molecule has 0 bridgehead atoms. The second-order valence-electron chi connectivity index (χ2n) is 13.8. The molecule has 2 fully saturated rings. The van der Waals surface area contributed by atoms with Crippen molar-refractivity contribution in [2.75, 3.05) is 51.5 Å². The summed E-state index contributed by atoms with van der Waals surface area (Å²) >= 11 is 0. The van der Waals surface area contributed by atoms with Gasteiger partial charge in [-0.3, -0.25) is 38.6 Å². The van der Waals surface area contributed by atoms with Gasteiger partial charge in [-0.05, 0) is 56.5 Å². The van der Waals surface area contributed by atoms with E-state index in [0.29, 0.717) is 17.7 Å². The number of ether oxygens (including phenoxy) is 1. The van der Waals surface area contributed by atoms with Crippen molar-refractivity contribution in [3.63, 3.8) is 0 Å². The highest BCUT2D eigenvalue weighted by atomic mass is 16.6. The fraction of sp³-hybridized carbons (Fsp3) is 0.472. The van der Waals surface area contributed by atoms with Gasteiger partial charge in [-0.15, -0.1) is 0 Å². The number of aromatic hydroxyl groups is 1. The molecular formula is C36H43N5O10. The van der Waals surface area contributed by atoms with E-state index in [1.165, 1.54) is 30.0 Å². The van der Waals surface area contributed by atoms with E-state index in [1.807, 2.05) is 13.0 Å². The summed E-state index contributed by atoms with van der Waals surface area (Å²) in [5, 5.41) is 25.9. The fourth-order valence-corrected chi connectivity index (χ4v) is 7.82. The van der Waals surface area contributed by atoms with Crippen LogP contribution in [0.4, 0.5) is 16.2 Å². The summed E-state index contributed by atoms with van der Waals surface area (Å²) in [5.74, 6) is -12.6. The zero-order valence-electron chi connectivity index (χ0n) is 29.2. The summed E-state index contributed by atoms with van der Waals surface area (Å²) in [4.78, 5) is 98.1. The van der Waals surface area contributed by atoms with Crippen molar-refractivity contribution in [2.45, 2.75) is 44.4 Å². The molecule has 0 heterocycles. The molecule has 3 amide bonds. The first kappa shape index (κ1) is 37.1. The molecule has 3 aliphatic carbocycles. The number of primary amides is 1. The van der Waals surface area contributed by atoms with Crippen LogP contribution in [0.2, 0.25) is 0 Å². The topological polar surface area (TPSA) is 217 Å². The Bertz CT molecular complexity index is 1790. The Labute approximate surface area is 294 Å². The number of anilines is 2. The fourth-order valence-electron chi connectivity index (χ4n) is 7.82. The smallest absolute Gasteiger partial charge is 0.410 e. The van der Waals surface area contributed by atoms with Gasteiger partial charge in [0.1, 0.15) is 18.9 Å². The van der Waals surface area contributed by atoms with Crippen molar-refractivity contribution < 1.29 is 48.5 Å². The monoisotopic (exact) mass is 705 g/mol. The summed E-state index contributed by atoms with van der Waals surface area (Å²) < 4.78 is 5.40. The van der Waals surface area contributed by atoms with Gasteiger partial charge in [-0.1, -0.05) is 37.3 Å². The van der Waals surface area contributed by atoms with Gasteiger partial charge in [0.2, 0.25) is 11.8 Å². The molecule has 0 aromatic heterocycles. The molecule has 2 unspecified atom stereocenters. The molecule has 2 aromatic rings. The Kier molecular flexibility index (Phi) is 10.4. The molecule has 0 saturated heterocycles. The van der Waals surface area contributed by atoms with Crippen LogP contribution in [0.1, 0.15) is 41.3 Å². The molecule has 0 spiro atoms. The molecule has 15 heteroatoms. The SMILES string of the molecule is CCCN(CC(=O)Nc1cc(N(C)C)c2c(c1O)C(=O)C1C(=O)[C@]3(O)C(=O)C(C(N)=O)C(=O)[C@@H](N(C)C)[C@@H]3C[C@@H]1C2)C(=O)OCc1ccccc1. The summed E-state index contributed by atoms with van der Waals surface area (Å²) in [6.45, 7) is 1.59. The number of likely N-dealkylation sites (N-methyl/N-ethyl adjacent to an activating group) is 1. The number of nitrogens with two attached hydrogens (primary N) is 1. The third-order valence-electron chi connectivity index (χ3n) is 10.1. The number of nitrogens with one attached hydrogen (secondary N) is 1. The summed E-state index contributed by atoms with van der Waals surface area (Å²) in [6.07, 6.45) is -0.239. The Morgan fingerprint density at radius 3 is 2.29 bits per heavy atom. The minimum Gasteiger partial charge on any atom is -0.505 e. The van der Waals surface area contributed by atoms with E-state index >= 15 is 0 Å². The van der Waals surface area contributed by atoms with Crippen molar-refractivity contribution in [1.29, 1.82) is 0 Å². The molecule has 15 nitrogen and oxygen atoms in total. The number of aliphatic hydroxyl groups is 1. The lowest BCUT2D eigenvalue weighted by atomic mass is 9.52. The predicted molar refractivity (Wildman–Crippen MR) is 183 cm³/mol. The lowest BCUT2D eigenvalue weighted by molar-refractivity contribution is -0.181. The number of hydrogen-bond acceptors (Lipinski definition) is 12. The Morgan fingerprint density at radius 2 is 1.71 bits per heavy atom. The molecule has 5 N–H and O–H groups in total. The molecule has 2 saturated carbocycles. The molecule has 0 aliphatic heterocycles. The van der Waals surface area contributed by atoms with Gasteiger partial charge in [0, 0.05) is 32.2 Å². The number of ketones is 4. The highest BCUT2D eigenvalue weighted by Gasteiger charge is 2.69. The molecule has 51 heavy (non-hydrogen) atoms. The summed E-state index contributed by atoms with van der Waals surface area (Å²) in [6, 6.07) is 9.29. The maximum absolute atomic E-state index is 14.3. The molecule has 6 atom stereocenters. The largest absolute Gasteiger partial charge is 0.505 e. The average molecular weight is 706 g/mol. The van der Waals surface area contributed by atoms with Crippen LogP contribution in [0.3, 0.4) is 0 Å². The van der Waals surface area contributed by atoms with E-state index in [9.17, 15) is 43.8 Å². The highest BCUT2D eigenvalue weighted by Crippen LogP contribution is 2.52. The van der Waals surface area contributed by atoms with Crippen molar-refractivity contribution in [2.24, 2.45) is 29.4 Å². The van der Waals surface area contributed by atoms with E-state index < -0.39 is 88.6 Å². The van der Waals surface area contributed by atoms with Gasteiger partial charge < -0.3 is 30.9 Å². The number of hydrogen-bond donors (Lipinski definition) is 4. The van der Waals surface area contributed by atoms with Crippen LogP contribution < -0.4 is 16.0 Å². The van der Waals surface area contributed by atoms with E-state index in [4.69, 9.17) is 10.5 Å². The zero-order chi connectivity index (χ0) is 37.5. The van der Waals surface area contributed by atoms with Gasteiger partial charge in [0.25, 0.3) is 0 Å². The van der Waals surface area contributed by atoms with Crippen molar-refractivity contribution in [3.8, 4) is 5.75 Å². The Hall–Kier alpha value is -5.15. The quantitative estimate of drug-likeness (QED) is 0.201. The van der Waals surface area contributed by atoms with Gasteiger partial charge >= 0.3 is 6.09 Å². The second-order valence-corrected chi connectivity index (χ2v) is 13.8. The third kappa shape index (κ3) is 6.47. The lowest BCUT2D eigenvalue weighted by Gasteiger charge is -2.52. The first-order valence-corrected chi connectivity index (χ1v) is 16.7. The van der Waals surface area contributed by atoms with Gasteiger partial charge in [0.05, 0.1) is 23.2 Å². The van der Waals surface area contributed by atoms with Gasteiger partial charge in [-0.2, -0.15) is 0 Å². The van der Waals surface area contributed by atoms with Crippen LogP contribution in [0.15, 0.2) is 36.4 Å². The minimum absolute atomic E-state index is 0.000924. The highest BCUT2D eigenvalue weighted by molar-refractivity contribution is 6.32. The number of rotatable bonds is 10. The number of Topliss-reactive ketones (excluding diaryl/α,β-unsaturated/α-hetero) is 4. The molecule has 272 valence electrons. The van der Waals surface area contributed by atoms with Crippen molar-refractivity contribution in [3.05, 3.63) is 53.1 Å². The van der Waals surface area contributed by atoms with Crippen LogP contribution in [0.25, 0.3) is 0 Å². The van der Waals surface area contributed by atoms with Crippen molar-refractivity contribution >= 4 is 52.4 Å². The van der Waals surface area contributed by atoms with Gasteiger partial charge in [0.15, 0.2) is 34.7 Å². The van der Waals surface area contributed by atoms with Gasteiger partial charge in [-0.25, -0.2) is 4.79 Å². The second kappa shape index (κ2) is 14.2.